The van der Waals surface area contributed by atoms with Crippen LogP contribution in [-0.4, -0.2) is 26.2 Å². The SMILES string of the molecule is N#C/C(N)=C(C#N)/N=C/c1cnn(-c2ncc(C(F)(F)F)cc2Cl)n1. The second-order valence-corrected chi connectivity index (χ2v) is 4.74. The number of hydrogen-bond acceptors (Lipinski definition) is 7. The Morgan fingerprint density at radius 1 is 1.32 bits per heavy atom. The number of pyridine rings is 1. The van der Waals surface area contributed by atoms with Crippen molar-refractivity contribution >= 4 is 17.8 Å². The van der Waals surface area contributed by atoms with E-state index in [0.29, 0.717) is 12.3 Å². The van der Waals surface area contributed by atoms with Crippen LogP contribution >= 0.6 is 11.6 Å². The first-order valence-electron chi connectivity index (χ1n) is 6.25. The minimum Gasteiger partial charge on any atom is -0.388 e. The van der Waals surface area contributed by atoms with Gasteiger partial charge in [0.25, 0.3) is 0 Å². The minimum atomic E-state index is -4.58. The highest BCUT2D eigenvalue weighted by molar-refractivity contribution is 6.32. The third-order valence-corrected chi connectivity index (χ3v) is 2.93. The molecule has 126 valence electrons. The first-order valence-corrected chi connectivity index (χ1v) is 6.63. The lowest BCUT2D eigenvalue weighted by Crippen LogP contribution is -2.09. The van der Waals surface area contributed by atoms with Crippen molar-refractivity contribution in [1.82, 2.24) is 20.0 Å². The number of nitrogens with two attached hydrogens (primary N) is 1. The minimum absolute atomic E-state index is 0.123. The summed E-state index contributed by atoms with van der Waals surface area (Å²) in [5.41, 5.74) is 3.71. The van der Waals surface area contributed by atoms with Crippen molar-refractivity contribution in [3.05, 3.63) is 46.1 Å². The van der Waals surface area contributed by atoms with Gasteiger partial charge in [-0.25, -0.2) is 9.98 Å². The number of hydrogen-bond donors (Lipinski definition) is 1. The van der Waals surface area contributed by atoms with Crippen LogP contribution < -0.4 is 5.73 Å². The normalized spacial score (nSPS) is 12.6. The topological polar surface area (TPSA) is 130 Å². The van der Waals surface area contributed by atoms with E-state index in [1.165, 1.54) is 6.20 Å². The Bertz CT molecular complexity index is 945. The summed E-state index contributed by atoms with van der Waals surface area (Å²) in [7, 11) is 0. The van der Waals surface area contributed by atoms with Gasteiger partial charge in [-0.3, -0.25) is 0 Å². The van der Waals surface area contributed by atoms with Gasteiger partial charge in [0.2, 0.25) is 0 Å². The maximum absolute atomic E-state index is 12.6. The second-order valence-electron chi connectivity index (χ2n) is 4.33. The van der Waals surface area contributed by atoms with Gasteiger partial charge in [0.1, 0.15) is 23.5 Å². The Balaban J connectivity index is 2.31. The Morgan fingerprint density at radius 3 is 2.60 bits per heavy atom. The number of alkyl halides is 3. The maximum Gasteiger partial charge on any atom is 0.417 e. The molecule has 0 spiro atoms. The molecule has 0 atom stereocenters. The zero-order chi connectivity index (χ0) is 18.6. The lowest BCUT2D eigenvalue weighted by atomic mass is 10.3. The molecule has 0 saturated heterocycles. The molecule has 0 amide bonds. The molecule has 0 aliphatic rings. The molecular formula is C13H6ClF3N8. The monoisotopic (exact) mass is 366 g/mol. The van der Waals surface area contributed by atoms with Gasteiger partial charge in [-0.2, -0.15) is 28.8 Å². The van der Waals surface area contributed by atoms with Crippen molar-refractivity contribution in [1.29, 1.82) is 10.5 Å². The van der Waals surface area contributed by atoms with Gasteiger partial charge in [-0.05, 0) is 6.07 Å². The first kappa shape index (κ1) is 17.9. The fourth-order valence-corrected chi connectivity index (χ4v) is 1.75. The number of aliphatic imine (C=N–C) groups is 1. The van der Waals surface area contributed by atoms with E-state index in [2.05, 4.69) is 20.2 Å². The summed E-state index contributed by atoms with van der Waals surface area (Å²) in [6.07, 6.45) is -1.67. The number of nitrogens with zero attached hydrogens (tertiary/aromatic N) is 7. The molecule has 2 rings (SSSR count). The first-order chi connectivity index (χ1) is 11.8. The standard InChI is InChI=1S/C13H6ClF3N8/c14-9-1-7(13(15,16)17)4-22-12(9)25-23-6-8(24-25)5-21-11(3-19)10(20)2-18/h1,4-6H,20H2/b11-10-,21-5+. The summed E-state index contributed by atoms with van der Waals surface area (Å²) >= 11 is 5.79. The molecule has 0 aliphatic carbocycles. The molecule has 2 N–H and O–H groups in total. The van der Waals surface area contributed by atoms with Crippen LogP contribution in [0.1, 0.15) is 11.3 Å². The van der Waals surface area contributed by atoms with Gasteiger partial charge < -0.3 is 5.73 Å². The van der Waals surface area contributed by atoms with Crippen molar-refractivity contribution in [3.63, 3.8) is 0 Å². The molecule has 0 fully saturated rings. The van der Waals surface area contributed by atoms with E-state index >= 15 is 0 Å². The number of nitriles is 2. The van der Waals surface area contributed by atoms with Crippen LogP contribution in [0.25, 0.3) is 5.82 Å². The molecule has 2 aromatic heterocycles. The zero-order valence-corrected chi connectivity index (χ0v) is 12.8. The summed E-state index contributed by atoms with van der Waals surface area (Å²) < 4.78 is 37.8. The van der Waals surface area contributed by atoms with E-state index in [1.807, 2.05) is 0 Å². The quantitative estimate of drug-likeness (QED) is 0.653. The molecule has 0 saturated carbocycles. The lowest BCUT2D eigenvalue weighted by molar-refractivity contribution is -0.137. The van der Waals surface area contributed by atoms with Crippen molar-refractivity contribution in [2.45, 2.75) is 6.18 Å². The second kappa shape index (κ2) is 6.98. The van der Waals surface area contributed by atoms with E-state index in [1.54, 1.807) is 12.1 Å². The largest absolute Gasteiger partial charge is 0.417 e. The lowest BCUT2D eigenvalue weighted by Gasteiger charge is -2.08. The molecule has 0 bridgehead atoms. The third-order valence-electron chi connectivity index (χ3n) is 2.66. The maximum atomic E-state index is 12.6. The predicted octanol–water partition coefficient (Wildman–Crippen LogP) is 1.97. The van der Waals surface area contributed by atoms with Crippen LogP contribution in [0.15, 0.2) is 34.8 Å². The Morgan fingerprint density at radius 2 is 2.04 bits per heavy atom. The summed E-state index contributed by atoms with van der Waals surface area (Å²) in [6, 6.07) is 3.90. The molecule has 2 aromatic rings. The molecule has 0 aliphatic heterocycles. The summed E-state index contributed by atoms with van der Waals surface area (Å²) in [4.78, 5) is 8.18. The summed E-state index contributed by atoms with van der Waals surface area (Å²) in [5, 5.41) is 24.8. The van der Waals surface area contributed by atoms with Crippen LogP contribution in [0.2, 0.25) is 5.02 Å². The fourth-order valence-electron chi connectivity index (χ4n) is 1.51. The fraction of sp³-hybridized carbons (Fsp3) is 0.0769. The molecule has 25 heavy (non-hydrogen) atoms. The number of halogens is 4. The zero-order valence-electron chi connectivity index (χ0n) is 12.0. The summed E-state index contributed by atoms with van der Waals surface area (Å²) in [6.45, 7) is 0. The third kappa shape index (κ3) is 4.10. The highest BCUT2D eigenvalue weighted by Gasteiger charge is 2.31. The van der Waals surface area contributed by atoms with Crippen LogP contribution in [0.5, 0.6) is 0 Å². The Labute approximate surface area is 143 Å². The van der Waals surface area contributed by atoms with Crippen LogP contribution in [0, 0.1) is 22.7 Å². The van der Waals surface area contributed by atoms with Crippen molar-refractivity contribution in [2.24, 2.45) is 10.7 Å². The van der Waals surface area contributed by atoms with Gasteiger partial charge in [0, 0.05) is 6.20 Å². The molecule has 2 heterocycles. The molecule has 8 nitrogen and oxygen atoms in total. The average molecular weight is 367 g/mol. The van der Waals surface area contributed by atoms with Gasteiger partial charge in [0.15, 0.2) is 11.5 Å². The van der Waals surface area contributed by atoms with Crippen LogP contribution in [0.4, 0.5) is 13.2 Å². The molecule has 12 heteroatoms. The number of aromatic nitrogens is 4. The summed E-state index contributed by atoms with van der Waals surface area (Å²) in [5.74, 6) is -0.123. The van der Waals surface area contributed by atoms with Crippen molar-refractivity contribution in [3.8, 4) is 18.0 Å². The van der Waals surface area contributed by atoms with Crippen LogP contribution in [0.3, 0.4) is 0 Å². The van der Waals surface area contributed by atoms with Gasteiger partial charge >= 0.3 is 6.18 Å². The average Bonchev–Trinajstić information content (AvgIpc) is 3.02. The molecule has 0 aromatic carbocycles. The van der Waals surface area contributed by atoms with E-state index in [-0.39, 0.29) is 27.9 Å². The smallest absolute Gasteiger partial charge is 0.388 e. The predicted molar refractivity (Wildman–Crippen MR) is 79.2 cm³/mol. The number of allylic oxidation sites excluding steroid dienone is 2. The Hall–Kier alpha value is -3.44. The van der Waals surface area contributed by atoms with Crippen molar-refractivity contribution in [2.75, 3.05) is 0 Å². The van der Waals surface area contributed by atoms with Gasteiger partial charge in [-0.15, -0.1) is 9.90 Å². The van der Waals surface area contributed by atoms with E-state index in [4.69, 9.17) is 27.9 Å². The van der Waals surface area contributed by atoms with E-state index in [9.17, 15) is 13.2 Å². The number of rotatable bonds is 3. The molecule has 0 unspecified atom stereocenters. The van der Waals surface area contributed by atoms with Crippen LogP contribution in [-0.2, 0) is 6.18 Å². The highest BCUT2D eigenvalue weighted by atomic mass is 35.5. The Kier molecular flexibility index (Phi) is 5.00. The van der Waals surface area contributed by atoms with Gasteiger partial charge in [-0.1, -0.05) is 11.6 Å². The highest BCUT2D eigenvalue weighted by Crippen LogP contribution is 2.31. The van der Waals surface area contributed by atoms with Crippen molar-refractivity contribution < 1.29 is 13.2 Å². The molecule has 0 radical (unpaired) electrons. The van der Waals surface area contributed by atoms with E-state index in [0.717, 1.165) is 11.0 Å². The van der Waals surface area contributed by atoms with Gasteiger partial charge in [0.05, 0.1) is 23.0 Å². The van der Waals surface area contributed by atoms with E-state index < -0.39 is 11.7 Å². The molecular weight excluding hydrogens is 361 g/mol.